The third-order valence-corrected chi connectivity index (χ3v) is 4.19. The maximum Gasteiger partial charge on any atom is 0.170 e. The van der Waals surface area contributed by atoms with Crippen LogP contribution < -0.4 is 15.5 Å². The highest BCUT2D eigenvalue weighted by Gasteiger charge is 2.18. The number of thiocarbonyl (C=S) groups is 1. The van der Waals surface area contributed by atoms with Gasteiger partial charge in [-0.2, -0.15) is 0 Å². The Hall–Kier alpha value is -1.17. The highest BCUT2D eigenvalue weighted by atomic mass is 32.1. The summed E-state index contributed by atoms with van der Waals surface area (Å²) in [5.41, 5.74) is 2.46. The molecule has 0 radical (unpaired) electrons. The van der Waals surface area contributed by atoms with Gasteiger partial charge in [0, 0.05) is 5.69 Å². The molecule has 1 heterocycles. The number of rotatable bonds is 4. The van der Waals surface area contributed by atoms with Crippen LogP contribution in [0.2, 0.25) is 0 Å². The molecule has 5 heteroatoms. The van der Waals surface area contributed by atoms with Crippen LogP contribution in [0, 0.1) is 0 Å². The summed E-state index contributed by atoms with van der Waals surface area (Å²) in [6.07, 6.45) is 0. The van der Waals surface area contributed by atoms with Crippen molar-refractivity contribution in [1.82, 2.24) is 5.32 Å². The third-order valence-electron chi connectivity index (χ3n) is 3.95. The minimum Gasteiger partial charge on any atom is -0.370 e. The fourth-order valence-electron chi connectivity index (χ4n) is 2.68. The molecular formula is C17H28N3OS+. The van der Waals surface area contributed by atoms with Crippen LogP contribution in [0.15, 0.2) is 24.3 Å². The number of ether oxygens (including phenoxy) is 1. The molecular weight excluding hydrogens is 294 g/mol. The molecule has 0 aromatic heterocycles. The van der Waals surface area contributed by atoms with Crippen molar-refractivity contribution < 1.29 is 9.64 Å². The molecule has 0 unspecified atom stereocenters. The maximum absolute atomic E-state index is 5.43. The van der Waals surface area contributed by atoms with E-state index >= 15 is 0 Å². The summed E-state index contributed by atoms with van der Waals surface area (Å²) in [6, 6.07) is 8.35. The first kappa shape index (κ1) is 17.2. The molecule has 1 aromatic rings. The van der Waals surface area contributed by atoms with E-state index in [2.05, 4.69) is 49.6 Å². The molecule has 122 valence electrons. The summed E-state index contributed by atoms with van der Waals surface area (Å²) in [5, 5.41) is 7.36. The van der Waals surface area contributed by atoms with Gasteiger partial charge in [-0.15, -0.1) is 0 Å². The number of nitrogens with one attached hydrogen (secondary N) is 3. The molecule has 0 saturated carbocycles. The van der Waals surface area contributed by atoms with Crippen molar-refractivity contribution >= 4 is 23.0 Å². The molecule has 0 spiro atoms. The van der Waals surface area contributed by atoms with Crippen molar-refractivity contribution in [3.63, 3.8) is 0 Å². The van der Waals surface area contributed by atoms with Crippen molar-refractivity contribution in [2.75, 3.05) is 44.7 Å². The zero-order valence-electron chi connectivity index (χ0n) is 13.9. The lowest BCUT2D eigenvalue weighted by molar-refractivity contribution is -0.906. The Labute approximate surface area is 139 Å². The number of morpholine rings is 1. The van der Waals surface area contributed by atoms with Crippen LogP contribution in [-0.4, -0.2) is 44.5 Å². The molecule has 1 aliphatic heterocycles. The second-order valence-corrected chi connectivity index (χ2v) is 7.20. The normalized spacial score (nSPS) is 16.3. The number of hydrogen-bond acceptors (Lipinski definition) is 2. The molecule has 3 N–H and O–H groups in total. The minimum absolute atomic E-state index is 0.0944. The summed E-state index contributed by atoms with van der Waals surface area (Å²) in [6.45, 7) is 12.5. The van der Waals surface area contributed by atoms with Gasteiger partial charge < -0.3 is 20.3 Å². The fourth-order valence-corrected chi connectivity index (χ4v) is 2.89. The van der Waals surface area contributed by atoms with E-state index in [1.165, 1.54) is 5.56 Å². The number of para-hydroxylation sites is 1. The SMILES string of the molecule is CC(C)(C)c1ccccc1NC(=S)NCC[NH+]1CCOCC1. The highest BCUT2D eigenvalue weighted by molar-refractivity contribution is 7.80. The zero-order valence-corrected chi connectivity index (χ0v) is 14.7. The second kappa shape index (κ2) is 7.90. The lowest BCUT2D eigenvalue weighted by atomic mass is 9.86. The molecule has 1 saturated heterocycles. The summed E-state index contributed by atoms with van der Waals surface area (Å²) in [7, 11) is 0. The van der Waals surface area contributed by atoms with E-state index in [0.717, 1.165) is 45.1 Å². The lowest BCUT2D eigenvalue weighted by Gasteiger charge is -2.25. The van der Waals surface area contributed by atoms with Gasteiger partial charge in [0.15, 0.2) is 5.11 Å². The third kappa shape index (κ3) is 5.23. The Bertz CT molecular complexity index is 493. The van der Waals surface area contributed by atoms with E-state index in [4.69, 9.17) is 17.0 Å². The van der Waals surface area contributed by atoms with Crippen LogP contribution >= 0.6 is 12.2 Å². The van der Waals surface area contributed by atoms with Gasteiger partial charge in [-0.3, -0.25) is 0 Å². The standard InChI is InChI=1S/C17H27N3OS/c1-17(2,3)14-6-4-5-7-15(14)19-16(22)18-8-9-20-10-12-21-13-11-20/h4-7H,8-13H2,1-3H3,(H2,18,19,22)/p+1. The van der Waals surface area contributed by atoms with Gasteiger partial charge in [-0.1, -0.05) is 39.0 Å². The zero-order chi connectivity index (χ0) is 16.0. The van der Waals surface area contributed by atoms with Crippen LogP contribution in [0.4, 0.5) is 5.69 Å². The number of hydrogen-bond donors (Lipinski definition) is 3. The Morgan fingerprint density at radius 1 is 1.23 bits per heavy atom. The highest BCUT2D eigenvalue weighted by Crippen LogP contribution is 2.29. The number of quaternary nitrogens is 1. The molecule has 1 fully saturated rings. The topological polar surface area (TPSA) is 37.7 Å². The summed E-state index contributed by atoms with van der Waals surface area (Å²) >= 11 is 5.43. The van der Waals surface area contributed by atoms with E-state index in [1.807, 2.05) is 6.07 Å². The predicted octanol–water partition coefficient (Wildman–Crippen LogP) is 1.19. The van der Waals surface area contributed by atoms with Crippen molar-refractivity contribution in [3.05, 3.63) is 29.8 Å². The summed E-state index contributed by atoms with van der Waals surface area (Å²) in [5.74, 6) is 0. The molecule has 0 atom stereocenters. The van der Waals surface area contributed by atoms with Crippen molar-refractivity contribution in [2.24, 2.45) is 0 Å². The number of anilines is 1. The van der Waals surface area contributed by atoms with Gasteiger partial charge in [0.05, 0.1) is 26.3 Å². The van der Waals surface area contributed by atoms with Gasteiger partial charge in [0.2, 0.25) is 0 Å². The van der Waals surface area contributed by atoms with Gasteiger partial charge in [-0.25, -0.2) is 0 Å². The molecule has 22 heavy (non-hydrogen) atoms. The van der Waals surface area contributed by atoms with Gasteiger partial charge in [0.1, 0.15) is 13.1 Å². The monoisotopic (exact) mass is 322 g/mol. The average Bonchev–Trinajstić information content (AvgIpc) is 2.48. The van der Waals surface area contributed by atoms with Gasteiger partial charge in [0.25, 0.3) is 0 Å². The largest absolute Gasteiger partial charge is 0.370 e. The van der Waals surface area contributed by atoms with Crippen molar-refractivity contribution in [2.45, 2.75) is 26.2 Å². The predicted molar refractivity (Wildman–Crippen MR) is 95.7 cm³/mol. The Morgan fingerprint density at radius 3 is 2.59 bits per heavy atom. The van der Waals surface area contributed by atoms with Crippen LogP contribution in [0.5, 0.6) is 0 Å². The van der Waals surface area contributed by atoms with Gasteiger partial charge in [-0.05, 0) is 29.3 Å². The Balaban J connectivity index is 1.82. The van der Waals surface area contributed by atoms with E-state index in [1.54, 1.807) is 4.90 Å². The first-order valence-electron chi connectivity index (χ1n) is 8.02. The van der Waals surface area contributed by atoms with Gasteiger partial charge >= 0.3 is 0 Å². The molecule has 0 aliphatic carbocycles. The summed E-state index contributed by atoms with van der Waals surface area (Å²) < 4.78 is 5.37. The molecule has 1 aliphatic rings. The first-order valence-corrected chi connectivity index (χ1v) is 8.43. The molecule has 0 bridgehead atoms. The average molecular weight is 322 g/mol. The fraction of sp³-hybridized carbons (Fsp3) is 0.588. The van der Waals surface area contributed by atoms with E-state index in [9.17, 15) is 0 Å². The van der Waals surface area contributed by atoms with E-state index in [0.29, 0.717) is 5.11 Å². The Morgan fingerprint density at radius 2 is 1.91 bits per heavy atom. The molecule has 0 amide bonds. The maximum atomic E-state index is 5.43. The Kier molecular flexibility index (Phi) is 6.17. The first-order chi connectivity index (χ1) is 10.5. The molecule has 4 nitrogen and oxygen atoms in total. The van der Waals surface area contributed by atoms with Crippen LogP contribution in [0.25, 0.3) is 0 Å². The molecule has 2 rings (SSSR count). The van der Waals surface area contributed by atoms with E-state index in [-0.39, 0.29) is 5.41 Å². The van der Waals surface area contributed by atoms with E-state index < -0.39 is 0 Å². The van der Waals surface area contributed by atoms with Crippen LogP contribution in [-0.2, 0) is 10.2 Å². The van der Waals surface area contributed by atoms with Crippen LogP contribution in [0.1, 0.15) is 26.3 Å². The smallest absolute Gasteiger partial charge is 0.170 e. The quantitative estimate of drug-likeness (QED) is 0.728. The summed E-state index contributed by atoms with van der Waals surface area (Å²) in [4.78, 5) is 1.58. The van der Waals surface area contributed by atoms with Crippen molar-refractivity contribution in [1.29, 1.82) is 0 Å². The molecule has 1 aromatic carbocycles. The van der Waals surface area contributed by atoms with Crippen LogP contribution in [0.3, 0.4) is 0 Å². The lowest BCUT2D eigenvalue weighted by Crippen LogP contribution is -3.14. The minimum atomic E-state index is 0.0944. The second-order valence-electron chi connectivity index (χ2n) is 6.79. The van der Waals surface area contributed by atoms with Crippen molar-refractivity contribution in [3.8, 4) is 0 Å². The number of benzene rings is 1.